The molecule has 1 amide bonds. The van der Waals surface area contributed by atoms with Crippen LogP contribution in [0.25, 0.3) is 11.1 Å². The van der Waals surface area contributed by atoms with E-state index < -0.39 is 30.8 Å². The molecule has 0 aromatic heterocycles. The number of aliphatic hydroxyl groups is 2. The average Bonchev–Trinajstić information content (AvgIpc) is 3.20. The largest absolute Gasteiger partial charge is 0.573 e. The van der Waals surface area contributed by atoms with E-state index in [-0.39, 0.29) is 12.3 Å². The smallest absolute Gasteiger partial charge is 0.492 e. The van der Waals surface area contributed by atoms with Crippen LogP contribution < -0.4 is 9.47 Å². The molecule has 1 aliphatic rings. The zero-order valence-corrected chi connectivity index (χ0v) is 19.4. The number of benzene rings is 2. The van der Waals surface area contributed by atoms with Gasteiger partial charge in [0, 0.05) is 31.1 Å². The van der Waals surface area contributed by atoms with Gasteiger partial charge in [0.25, 0.3) is 0 Å². The highest BCUT2D eigenvalue weighted by molar-refractivity contribution is 5.76. The number of amides is 1. The predicted octanol–water partition coefficient (Wildman–Crippen LogP) is 4.58. The third-order valence-corrected chi connectivity index (χ3v) is 5.12. The maximum Gasteiger partial charge on any atom is 0.573 e. The van der Waals surface area contributed by atoms with Crippen molar-refractivity contribution in [2.24, 2.45) is 0 Å². The molecule has 0 radical (unpaired) electrons. The number of nitrogens with zero attached hydrogens (tertiary/aromatic N) is 1. The highest BCUT2D eigenvalue weighted by Crippen LogP contribution is 2.43. The fourth-order valence-electron chi connectivity index (χ4n) is 3.81. The summed E-state index contributed by atoms with van der Waals surface area (Å²) >= 11 is 0. The summed E-state index contributed by atoms with van der Waals surface area (Å²) in [4.78, 5) is 13.9. The summed E-state index contributed by atoms with van der Waals surface area (Å²) in [5.41, 5.74) is 2.17. The Balaban J connectivity index is 2.03. The van der Waals surface area contributed by atoms with Gasteiger partial charge in [0.05, 0.1) is 13.2 Å². The third kappa shape index (κ3) is 6.12. The number of carbonyl (C=O) groups is 1. The first-order chi connectivity index (χ1) is 15.8. The first-order valence-corrected chi connectivity index (χ1v) is 10.7. The summed E-state index contributed by atoms with van der Waals surface area (Å²) < 4.78 is 52.7. The van der Waals surface area contributed by atoms with Crippen LogP contribution in [-0.2, 0) is 17.7 Å². The second kappa shape index (κ2) is 9.71. The van der Waals surface area contributed by atoms with Gasteiger partial charge in [-0.15, -0.1) is 13.2 Å². The van der Waals surface area contributed by atoms with Gasteiger partial charge < -0.3 is 29.3 Å². The second-order valence-corrected chi connectivity index (χ2v) is 9.01. The van der Waals surface area contributed by atoms with Gasteiger partial charge in [-0.1, -0.05) is 12.1 Å². The minimum Gasteiger partial charge on any atom is -0.492 e. The molecule has 34 heavy (non-hydrogen) atoms. The first-order valence-electron chi connectivity index (χ1n) is 10.7. The van der Waals surface area contributed by atoms with Crippen molar-refractivity contribution in [2.75, 3.05) is 20.3 Å². The summed E-state index contributed by atoms with van der Waals surface area (Å²) in [5.74, 6) is 0.127. The topological polar surface area (TPSA) is 88.5 Å². The van der Waals surface area contributed by atoms with Crippen molar-refractivity contribution < 1.29 is 42.4 Å². The number of fused-ring (bicyclic) bond motifs is 1. The van der Waals surface area contributed by atoms with E-state index in [9.17, 15) is 28.2 Å². The molecule has 2 aromatic rings. The number of halogens is 3. The molecule has 0 fully saturated rings. The SMILES string of the molecule is CN(Cc1cc(-c2ccc(OC(F)(F)F)cc2)c2c(c1C(O)CO)CCO2)C(=O)OC(C)(C)C. The Kier molecular flexibility index (Phi) is 7.32. The third-order valence-electron chi connectivity index (χ3n) is 5.12. The number of hydrogen-bond acceptors (Lipinski definition) is 6. The van der Waals surface area contributed by atoms with Crippen LogP contribution >= 0.6 is 0 Å². The lowest BCUT2D eigenvalue weighted by Crippen LogP contribution is -2.34. The van der Waals surface area contributed by atoms with Gasteiger partial charge in [0.2, 0.25) is 0 Å². The van der Waals surface area contributed by atoms with Crippen LogP contribution in [-0.4, -0.2) is 53.4 Å². The molecule has 7 nitrogen and oxygen atoms in total. The molecule has 3 rings (SSSR count). The Morgan fingerprint density at radius 1 is 1.21 bits per heavy atom. The van der Waals surface area contributed by atoms with Crippen LogP contribution in [0.15, 0.2) is 30.3 Å². The second-order valence-electron chi connectivity index (χ2n) is 9.01. The molecular weight excluding hydrogens is 455 g/mol. The van der Waals surface area contributed by atoms with Crippen LogP contribution in [0.1, 0.15) is 43.6 Å². The summed E-state index contributed by atoms with van der Waals surface area (Å²) in [6.07, 6.45) is -6.10. The van der Waals surface area contributed by atoms with Gasteiger partial charge in [-0.05, 0) is 55.7 Å². The molecule has 1 atom stereocenters. The molecule has 0 saturated carbocycles. The first kappa shape index (κ1) is 25.6. The molecule has 1 heterocycles. The Bertz CT molecular complexity index is 1030. The van der Waals surface area contributed by atoms with E-state index in [0.29, 0.717) is 46.6 Å². The number of rotatable bonds is 6. The predicted molar refractivity (Wildman–Crippen MR) is 118 cm³/mol. The number of aliphatic hydroxyl groups excluding tert-OH is 2. The molecule has 0 spiro atoms. The van der Waals surface area contributed by atoms with Gasteiger partial charge in [0.1, 0.15) is 23.2 Å². The van der Waals surface area contributed by atoms with Gasteiger partial charge in [-0.2, -0.15) is 0 Å². The molecule has 0 saturated heterocycles. The van der Waals surface area contributed by atoms with Gasteiger partial charge in [-0.3, -0.25) is 0 Å². The summed E-state index contributed by atoms with van der Waals surface area (Å²) in [6, 6.07) is 7.06. The van der Waals surface area contributed by atoms with Gasteiger partial charge in [-0.25, -0.2) is 4.79 Å². The molecule has 0 aliphatic carbocycles. The standard InChI is InChI=1S/C24H28F3NO6/c1-23(2,3)34-22(31)28(4)12-15-11-18(14-5-7-16(8-6-14)33-24(25,26)27)21-17(9-10-32-21)20(15)19(30)13-29/h5-8,11,19,29-30H,9-10,12-13H2,1-4H3. The van der Waals surface area contributed by atoms with Crippen LogP contribution in [0.5, 0.6) is 11.5 Å². The van der Waals surface area contributed by atoms with Crippen LogP contribution in [0, 0.1) is 0 Å². The molecule has 10 heteroatoms. The lowest BCUT2D eigenvalue weighted by Gasteiger charge is -2.27. The highest BCUT2D eigenvalue weighted by atomic mass is 19.4. The molecule has 2 aromatic carbocycles. The Morgan fingerprint density at radius 3 is 2.41 bits per heavy atom. The normalized spacial score (nSPS) is 14.3. The molecular formula is C24H28F3NO6. The lowest BCUT2D eigenvalue weighted by molar-refractivity contribution is -0.274. The van der Waals surface area contributed by atoms with E-state index >= 15 is 0 Å². The van der Waals surface area contributed by atoms with Crippen molar-refractivity contribution in [3.05, 3.63) is 47.0 Å². The zero-order chi connectivity index (χ0) is 25.3. The van der Waals surface area contributed by atoms with Crippen molar-refractivity contribution >= 4 is 6.09 Å². The van der Waals surface area contributed by atoms with E-state index in [2.05, 4.69) is 4.74 Å². The van der Waals surface area contributed by atoms with E-state index in [4.69, 9.17) is 9.47 Å². The van der Waals surface area contributed by atoms with E-state index in [1.807, 2.05) is 0 Å². The Morgan fingerprint density at radius 2 is 1.85 bits per heavy atom. The summed E-state index contributed by atoms with van der Waals surface area (Å²) in [5, 5.41) is 20.2. The molecule has 186 valence electrons. The van der Waals surface area contributed by atoms with E-state index in [0.717, 1.165) is 0 Å². The summed E-state index contributed by atoms with van der Waals surface area (Å²) in [6.45, 7) is 5.12. The minimum atomic E-state index is -4.80. The van der Waals surface area contributed by atoms with E-state index in [1.165, 1.54) is 29.2 Å². The zero-order valence-electron chi connectivity index (χ0n) is 19.4. The molecule has 1 unspecified atom stereocenters. The van der Waals surface area contributed by atoms with Gasteiger partial charge in [0.15, 0.2) is 0 Å². The maximum atomic E-state index is 12.5. The Labute approximate surface area is 195 Å². The number of carbonyl (C=O) groups excluding carboxylic acids is 1. The Hall–Kier alpha value is -2.98. The monoisotopic (exact) mass is 483 g/mol. The summed E-state index contributed by atoms with van der Waals surface area (Å²) in [7, 11) is 1.55. The number of ether oxygens (including phenoxy) is 3. The number of alkyl halides is 3. The van der Waals surface area contributed by atoms with Crippen molar-refractivity contribution in [1.82, 2.24) is 4.90 Å². The molecule has 0 bridgehead atoms. The maximum absolute atomic E-state index is 12.5. The van der Waals surface area contributed by atoms with Crippen molar-refractivity contribution in [3.8, 4) is 22.6 Å². The quantitative estimate of drug-likeness (QED) is 0.626. The minimum absolute atomic E-state index is 0.0663. The highest BCUT2D eigenvalue weighted by Gasteiger charge is 2.32. The van der Waals surface area contributed by atoms with Crippen molar-refractivity contribution in [3.63, 3.8) is 0 Å². The van der Waals surface area contributed by atoms with Crippen molar-refractivity contribution in [2.45, 2.75) is 51.8 Å². The van der Waals surface area contributed by atoms with Crippen LogP contribution in [0.4, 0.5) is 18.0 Å². The van der Waals surface area contributed by atoms with E-state index in [1.54, 1.807) is 33.9 Å². The lowest BCUT2D eigenvalue weighted by atomic mass is 9.89. The average molecular weight is 483 g/mol. The van der Waals surface area contributed by atoms with Gasteiger partial charge >= 0.3 is 12.5 Å². The fraction of sp³-hybridized carbons (Fsp3) is 0.458. The number of hydrogen-bond donors (Lipinski definition) is 2. The van der Waals surface area contributed by atoms with Crippen LogP contribution in [0.3, 0.4) is 0 Å². The fourth-order valence-corrected chi connectivity index (χ4v) is 3.81. The van der Waals surface area contributed by atoms with Crippen molar-refractivity contribution in [1.29, 1.82) is 0 Å². The molecule has 1 aliphatic heterocycles. The van der Waals surface area contributed by atoms with Crippen LogP contribution in [0.2, 0.25) is 0 Å². The molecule has 2 N–H and O–H groups in total.